The second kappa shape index (κ2) is 4.31. The highest BCUT2D eigenvalue weighted by atomic mass is 32.1. The van der Waals surface area contributed by atoms with Crippen LogP contribution in [-0.2, 0) is 6.61 Å². The molecule has 1 aromatic carbocycles. The highest BCUT2D eigenvalue weighted by molar-refractivity contribution is 7.09. The average Bonchev–Trinajstić information content (AvgIpc) is 2.63. The van der Waals surface area contributed by atoms with Crippen molar-refractivity contribution in [3.8, 4) is 11.5 Å². The van der Waals surface area contributed by atoms with Gasteiger partial charge in [0.25, 0.3) is 0 Å². The molecule has 0 unspecified atom stereocenters. The van der Waals surface area contributed by atoms with Gasteiger partial charge in [0.15, 0.2) is 11.5 Å². The molecular formula is C11H11NO2S. The molecule has 0 bridgehead atoms. The van der Waals surface area contributed by atoms with Crippen molar-refractivity contribution in [3.63, 3.8) is 0 Å². The van der Waals surface area contributed by atoms with Crippen LogP contribution in [0.15, 0.2) is 29.6 Å². The number of hydrogen-bond acceptors (Lipinski definition) is 4. The molecule has 0 aliphatic carbocycles. The Morgan fingerprint density at radius 1 is 1.40 bits per heavy atom. The van der Waals surface area contributed by atoms with Gasteiger partial charge in [-0.15, -0.1) is 11.3 Å². The molecule has 0 saturated carbocycles. The second-order valence-electron chi connectivity index (χ2n) is 3.14. The van der Waals surface area contributed by atoms with Crippen molar-refractivity contribution in [2.45, 2.75) is 13.5 Å². The van der Waals surface area contributed by atoms with Gasteiger partial charge in [-0.3, -0.25) is 0 Å². The molecule has 0 saturated heterocycles. The van der Waals surface area contributed by atoms with Gasteiger partial charge in [-0.05, 0) is 19.1 Å². The van der Waals surface area contributed by atoms with Gasteiger partial charge in [0, 0.05) is 11.1 Å². The smallest absolute Gasteiger partial charge is 0.161 e. The maximum Gasteiger partial charge on any atom is 0.161 e. The van der Waals surface area contributed by atoms with E-state index in [1.54, 1.807) is 29.5 Å². The number of aromatic hydroxyl groups is 1. The molecule has 2 aromatic rings. The van der Waals surface area contributed by atoms with Crippen LogP contribution in [0.2, 0.25) is 0 Å². The number of hydrogen-bond donors (Lipinski definition) is 1. The molecule has 4 heteroatoms. The summed E-state index contributed by atoms with van der Waals surface area (Å²) in [5.41, 5.74) is 0.996. The number of benzene rings is 1. The molecule has 15 heavy (non-hydrogen) atoms. The van der Waals surface area contributed by atoms with Crippen molar-refractivity contribution in [1.82, 2.24) is 4.98 Å². The average molecular weight is 221 g/mol. The van der Waals surface area contributed by atoms with Gasteiger partial charge in [-0.1, -0.05) is 12.1 Å². The minimum absolute atomic E-state index is 0.158. The van der Waals surface area contributed by atoms with E-state index < -0.39 is 0 Å². The summed E-state index contributed by atoms with van der Waals surface area (Å²) >= 11 is 1.56. The highest BCUT2D eigenvalue weighted by Crippen LogP contribution is 2.25. The van der Waals surface area contributed by atoms with Gasteiger partial charge in [0.05, 0.1) is 0 Å². The molecule has 2 rings (SSSR count). The molecule has 0 radical (unpaired) electrons. The highest BCUT2D eigenvalue weighted by Gasteiger charge is 2.03. The largest absolute Gasteiger partial charge is 0.504 e. The molecule has 0 aliphatic heterocycles. The maximum absolute atomic E-state index is 9.45. The van der Waals surface area contributed by atoms with Crippen LogP contribution in [0.25, 0.3) is 0 Å². The zero-order valence-corrected chi connectivity index (χ0v) is 9.12. The second-order valence-corrected chi connectivity index (χ2v) is 4.08. The normalized spacial score (nSPS) is 10.2. The van der Waals surface area contributed by atoms with E-state index in [1.807, 2.05) is 18.4 Å². The third-order valence-corrected chi connectivity index (χ3v) is 2.82. The third kappa shape index (κ3) is 2.47. The lowest BCUT2D eigenvalue weighted by molar-refractivity contribution is 0.288. The van der Waals surface area contributed by atoms with E-state index in [2.05, 4.69) is 4.98 Å². The Kier molecular flexibility index (Phi) is 2.87. The van der Waals surface area contributed by atoms with E-state index in [-0.39, 0.29) is 5.75 Å². The van der Waals surface area contributed by atoms with Crippen molar-refractivity contribution in [2.24, 2.45) is 0 Å². The van der Waals surface area contributed by atoms with Crippen LogP contribution in [0.1, 0.15) is 10.7 Å². The summed E-state index contributed by atoms with van der Waals surface area (Å²) < 4.78 is 5.43. The topological polar surface area (TPSA) is 42.4 Å². The molecule has 0 fully saturated rings. The number of nitrogens with zero attached hydrogens (tertiary/aromatic N) is 1. The number of phenols is 1. The quantitative estimate of drug-likeness (QED) is 0.866. The summed E-state index contributed by atoms with van der Waals surface area (Å²) in [5, 5.41) is 12.3. The number of para-hydroxylation sites is 2. The van der Waals surface area contributed by atoms with Crippen LogP contribution < -0.4 is 4.74 Å². The Morgan fingerprint density at radius 3 is 2.87 bits per heavy atom. The molecule has 0 atom stereocenters. The lowest BCUT2D eigenvalue weighted by atomic mass is 10.3. The molecule has 1 N–H and O–H groups in total. The molecule has 3 nitrogen and oxygen atoms in total. The van der Waals surface area contributed by atoms with E-state index >= 15 is 0 Å². The fraction of sp³-hybridized carbons (Fsp3) is 0.182. The first-order valence-electron chi connectivity index (χ1n) is 4.57. The van der Waals surface area contributed by atoms with Crippen LogP contribution in [0.3, 0.4) is 0 Å². The SMILES string of the molecule is Cc1csc(COc2ccccc2O)n1. The number of rotatable bonds is 3. The molecule has 0 amide bonds. The fourth-order valence-electron chi connectivity index (χ4n) is 1.19. The summed E-state index contributed by atoms with van der Waals surface area (Å²) in [4.78, 5) is 4.27. The Labute approximate surface area is 92.0 Å². The van der Waals surface area contributed by atoms with Gasteiger partial charge in [0.2, 0.25) is 0 Å². The summed E-state index contributed by atoms with van der Waals surface area (Å²) in [6, 6.07) is 6.91. The van der Waals surface area contributed by atoms with Gasteiger partial charge in [0.1, 0.15) is 11.6 Å². The van der Waals surface area contributed by atoms with Crippen molar-refractivity contribution < 1.29 is 9.84 Å². The summed E-state index contributed by atoms with van der Waals surface area (Å²) in [7, 11) is 0. The lowest BCUT2D eigenvalue weighted by Crippen LogP contribution is -1.94. The Hall–Kier alpha value is -1.55. The lowest BCUT2D eigenvalue weighted by Gasteiger charge is -2.05. The number of ether oxygens (including phenoxy) is 1. The van der Waals surface area contributed by atoms with E-state index in [0.717, 1.165) is 10.7 Å². The van der Waals surface area contributed by atoms with Gasteiger partial charge < -0.3 is 9.84 Å². The molecule has 1 aromatic heterocycles. The predicted octanol–water partition coefficient (Wildman–Crippen LogP) is 2.74. The molecule has 0 spiro atoms. The van der Waals surface area contributed by atoms with Crippen LogP contribution in [0.5, 0.6) is 11.5 Å². The Bertz CT molecular complexity index is 453. The molecular weight excluding hydrogens is 210 g/mol. The molecule has 78 valence electrons. The molecule has 0 aliphatic rings. The van der Waals surface area contributed by atoms with Crippen molar-refractivity contribution >= 4 is 11.3 Å². The number of thiazole rings is 1. The van der Waals surface area contributed by atoms with Crippen molar-refractivity contribution in [3.05, 3.63) is 40.3 Å². The van der Waals surface area contributed by atoms with E-state index in [1.165, 1.54) is 0 Å². The van der Waals surface area contributed by atoms with E-state index in [9.17, 15) is 5.11 Å². The van der Waals surface area contributed by atoms with E-state index in [4.69, 9.17) is 4.74 Å². The number of aromatic nitrogens is 1. The minimum atomic E-state index is 0.158. The zero-order chi connectivity index (χ0) is 10.7. The predicted molar refractivity (Wildman–Crippen MR) is 59.3 cm³/mol. The van der Waals surface area contributed by atoms with Crippen LogP contribution in [0, 0.1) is 6.92 Å². The van der Waals surface area contributed by atoms with Gasteiger partial charge in [-0.25, -0.2) is 4.98 Å². The first kappa shape index (κ1) is 9.98. The zero-order valence-electron chi connectivity index (χ0n) is 8.30. The Balaban J connectivity index is 2.02. The van der Waals surface area contributed by atoms with Crippen LogP contribution in [-0.4, -0.2) is 10.1 Å². The van der Waals surface area contributed by atoms with Crippen molar-refractivity contribution in [2.75, 3.05) is 0 Å². The Morgan fingerprint density at radius 2 is 2.20 bits per heavy atom. The first-order chi connectivity index (χ1) is 7.25. The summed E-state index contributed by atoms with van der Waals surface area (Å²) in [5.74, 6) is 0.649. The van der Waals surface area contributed by atoms with Gasteiger partial charge >= 0.3 is 0 Å². The fourth-order valence-corrected chi connectivity index (χ4v) is 1.87. The summed E-state index contributed by atoms with van der Waals surface area (Å²) in [6.45, 7) is 2.34. The minimum Gasteiger partial charge on any atom is -0.504 e. The van der Waals surface area contributed by atoms with Gasteiger partial charge in [-0.2, -0.15) is 0 Å². The van der Waals surface area contributed by atoms with Crippen molar-refractivity contribution in [1.29, 1.82) is 0 Å². The number of phenolic OH excluding ortho intramolecular Hbond substituents is 1. The third-order valence-electron chi connectivity index (χ3n) is 1.88. The van der Waals surface area contributed by atoms with Crippen LogP contribution >= 0.6 is 11.3 Å². The first-order valence-corrected chi connectivity index (χ1v) is 5.45. The monoisotopic (exact) mass is 221 g/mol. The standard InChI is InChI=1S/C11H11NO2S/c1-8-7-15-11(12-8)6-14-10-5-3-2-4-9(10)13/h2-5,7,13H,6H2,1H3. The number of aryl methyl sites for hydroxylation is 1. The maximum atomic E-state index is 9.45. The molecule has 1 heterocycles. The van der Waals surface area contributed by atoms with E-state index in [0.29, 0.717) is 12.4 Å². The summed E-state index contributed by atoms with van der Waals surface area (Å²) in [6.07, 6.45) is 0. The van der Waals surface area contributed by atoms with Crippen LogP contribution in [0.4, 0.5) is 0 Å².